The van der Waals surface area contributed by atoms with Crippen molar-refractivity contribution in [3.05, 3.63) is 27.1 Å². The molecule has 0 aliphatic carbocycles. The van der Waals surface area contributed by atoms with Crippen molar-refractivity contribution >= 4 is 47.9 Å². The molecule has 0 aromatic heterocycles. The van der Waals surface area contributed by atoms with Crippen LogP contribution in [0.1, 0.15) is 0 Å². The third-order valence-corrected chi connectivity index (χ3v) is 5.70. The molecule has 0 atom stereocenters. The van der Waals surface area contributed by atoms with E-state index in [1.54, 1.807) is 12.1 Å². The third kappa shape index (κ3) is 4.52. The van der Waals surface area contributed by atoms with Crippen molar-refractivity contribution in [2.24, 2.45) is 0 Å². The van der Waals surface area contributed by atoms with E-state index in [1.165, 1.54) is 13.2 Å². The van der Waals surface area contributed by atoms with E-state index in [4.69, 9.17) is 9.84 Å². The fourth-order valence-corrected chi connectivity index (χ4v) is 4.28. The Hall–Kier alpha value is -0.480. The number of carboxylic acid groups (broad SMARTS) is 1. The summed E-state index contributed by atoms with van der Waals surface area (Å²) in [4.78, 5) is 10.8. The number of nitrogens with zero attached hydrogens (tertiary/aromatic N) is 1. The lowest BCUT2D eigenvalue weighted by Crippen LogP contribution is -2.38. The molecular formula is C11H13Br2NO5S. The van der Waals surface area contributed by atoms with Gasteiger partial charge in [-0.05, 0) is 34.1 Å². The Morgan fingerprint density at radius 3 is 2.60 bits per heavy atom. The predicted octanol–water partition coefficient (Wildman–Crippen LogP) is 1.93. The maximum atomic E-state index is 12.5. The van der Waals surface area contributed by atoms with E-state index >= 15 is 0 Å². The van der Waals surface area contributed by atoms with Crippen molar-refractivity contribution in [3.63, 3.8) is 0 Å². The lowest BCUT2D eigenvalue weighted by atomic mass is 10.4. The molecule has 1 rings (SSSR count). The molecule has 0 saturated heterocycles. The number of hydrogen-bond donors (Lipinski definition) is 1. The Labute approximate surface area is 134 Å². The van der Waals surface area contributed by atoms with Gasteiger partial charge in [0.05, 0.1) is 11.5 Å². The van der Waals surface area contributed by atoms with E-state index < -0.39 is 22.5 Å². The number of aliphatic carboxylic acids is 1. The first kappa shape index (κ1) is 17.6. The number of benzene rings is 1. The molecular weight excluding hydrogens is 418 g/mol. The van der Waals surface area contributed by atoms with Gasteiger partial charge in [-0.2, -0.15) is 4.31 Å². The summed E-state index contributed by atoms with van der Waals surface area (Å²) in [6.45, 7) is -0.549. The highest BCUT2D eigenvalue weighted by atomic mass is 79.9. The molecule has 9 heteroatoms. The normalized spacial score (nSPS) is 11.8. The highest BCUT2D eigenvalue weighted by molar-refractivity contribution is 9.11. The van der Waals surface area contributed by atoms with Crippen molar-refractivity contribution in [1.29, 1.82) is 0 Å². The molecule has 0 spiro atoms. The first-order valence-corrected chi connectivity index (χ1v) is 8.47. The lowest BCUT2D eigenvalue weighted by molar-refractivity contribution is -0.137. The number of ether oxygens (including phenoxy) is 1. The van der Waals surface area contributed by atoms with Crippen molar-refractivity contribution in [1.82, 2.24) is 4.31 Å². The molecule has 0 radical (unpaired) electrons. The van der Waals surface area contributed by atoms with Crippen molar-refractivity contribution in [2.75, 3.05) is 26.8 Å². The molecule has 20 heavy (non-hydrogen) atoms. The fraction of sp³-hybridized carbons (Fsp3) is 0.364. The summed E-state index contributed by atoms with van der Waals surface area (Å²) in [5, 5.41) is 8.85. The summed E-state index contributed by atoms with van der Waals surface area (Å²) >= 11 is 6.36. The van der Waals surface area contributed by atoms with Gasteiger partial charge in [0.15, 0.2) is 0 Å². The van der Waals surface area contributed by atoms with Crippen LogP contribution >= 0.6 is 31.9 Å². The number of methoxy groups -OCH3 is 1. The summed E-state index contributed by atoms with van der Waals surface area (Å²) in [5.41, 5.74) is 0. The molecule has 1 aromatic carbocycles. The SMILES string of the molecule is COCCN(CC(=O)O)S(=O)(=O)c1cc(Br)ccc1Br. The summed E-state index contributed by atoms with van der Waals surface area (Å²) in [6, 6.07) is 4.67. The van der Waals surface area contributed by atoms with Gasteiger partial charge in [0, 0.05) is 22.6 Å². The van der Waals surface area contributed by atoms with Crippen LogP contribution in [0.4, 0.5) is 0 Å². The number of halogens is 2. The zero-order valence-corrected chi connectivity index (χ0v) is 14.5. The Balaban J connectivity index is 3.20. The van der Waals surface area contributed by atoms with Crippen LogP contribution < -0.4 is 0 Å². The van der Waals surface area contributed by atoms with E-state index in [9.17, 15) is 13.2 Å². The molecule has 112 valence electrons. The molecule has 0 aliphatic rings. The maximum absolute atomic E-state index is 12.5. The second-order valence-electron chi connectivity index (χ2n) is 3.80. The standard InChI is InChI=1S/C11H13Br2NO5S/c1-19-5-4-14(7-11(15)16)20(17,18)10-6-8(12)2-3-9(10)13/h2-3,6H,4-5,7H2,1H3,(H,15,16). The van der Waals surface area contributed by atoms with Gasteiger partial charge in [0.25, 0.3) is 0 Å². The Bertz CT molecular complexity index is 590. The van der Waals surface area contributed by atoms with E-state index in [0.717, 1.165) is 4.31 Å². The van der Waals surface area contributed by atoms with E-state index in [0.29, 0.717) is 8.95 Å². The van der Waals surface area contributed by atoms with Crippen molar-refractivity contribution in [2.45, 2.75) is 4.90 Å². The first-order chi connectivity index (χ1) is 9.28. The number of rotatable bonds is 7. The van der Waals surface area contributed by atoms with Crippen molar-refractivity contribution in [3.8, 4) is 0 Å². The summed E-state index contributed by atoms with van der Waals surface area (Å²) in [7, 11) is -2.51. The van der Waals surface area contributed by atoms with Crippen LogP contribution in [0.3, 0.4) is 0 Å². The molecule has 0 amide bonds. The predicted molar refractivity (Wildman–Crippen MR) is 80.1 cm³/mol. The van der Waals surface area contributed by atoms with E-state index in [2.05, 4.69) is 31.9 Å². The van der Waals surface area contributed by atoms with Crippen LogP contribution in [-0.2, 0) is 19.6 Å². The number of carbonyl (C=O) groups is 1. The number of sulfonamides is 1. The summed E-state index contributed by atoms with van der Waals surface area (Å²) in [6.07, 6.45) is 0. The average molecular weight is 431 g/mol. The van der Waals surface area contributed by atoms with Gasteiger partial charge in [-0.25, -0.2) is 8.42 Å². The van der Waals surface area contributed by atoms with Crippen LogP contribution in [0.15, 0.2) is 32.0 Å². The molecule has 6 nitrogen and oxygen atoms in total. The number of hydrogen-bond acceptors (Lipinski definition) is 4. The van der Waals surface area contributed by atoms with Gasteiger partial charge in [0.1, 0.15) is 6.54 Å². The molecule has 0 bridgehead atoms. The maximum Gasteiger partial charge on any atom is 0.318 e. The van der Waals surface area contributed by atoms with Crippen molar-refractivity contribution < 1.29 is 23.1 Å². The quantitative estimate of drug-likeness (QED) is 0.714. The molecule has 0 unspecified atom stereocenters. The summed E-state index contributed by atoms with van der Waals surface area (Å²) in [5.74, 6) is -1.23. The van der Waals surface area contributed by atoms with Gasteiger partial charge in [-0.15, -0.1) is 0 Å². The topological polar surface area (TPSA) is 83.9 Å². The third-order valence-electron chi connectivity index (χ3n) is 2.37. The molecule has 0 aliphatic heterocycles. The van der Waals surface area contributed by atoms with Crippen LogP contribution in [0.2, 0.25) is 0 Å². The molecule has 1 N–H and O–H groups in total. The van der Waals surface area contributed by atoms with E-state index in [1.807, 2.05) is 0 Å². The largest absolute Gasteiger partial charge is 0.480 e. The smallest absolute Gasteiger partial charge is 0.318 e. The van der Waals surface area contributed by atoms with E-state index in [-0.39, 0.29) is 18.0 Å². The monoisotopic (exact) mass is 429 g/mol. The minimum atomic E-state index is -3.93. The Morgan fingerprint density at radius 1 is 1.40 bits per heavy atom. The Morgan fingerprint density at radius 2 is 2.05 bits per heavy atom. The zero-order valence-electron chi connectivity index (χ0n) is 10.5. The summed E-state index contributed by atoms with van der Waals surface area (Å²) < 4.78 is 31.6. The van der Waals surface area contributed by atoms with Gasteiger partial charge in [-0.1, -0.05) is 15.9 Å². The van der Waals surface area contributed by atoms with Crippen LogP contribution in [0.5, 0.6) is 0 Å². The Kier molecular flexibility index (Phi) is 6.59. The first-order valence-electron chi connectivity index (χ1n) is 5.45. The van der Waals surface area contributed by atoms with Gasteiger partial charge in [0.2, 0.25) is 10.0 Å². The average Bonchev–Trinajstić information content (AvgIpc) is 2.36. The van der Waals surface area contributed by atoms with Gasteiger partial charge in [-0.3, -0.25) is 4.79 Å². The lowest BCUT2D eigenvalue weighted by Gasteiger charge is -2.20. The zero-order chi connectivity index (χ0) is 15.3. The molecule has 0 fully saturated rings. The second-order valence-corrected chi connectivity index (χ2v) is 7.48. The highest BCUT2D eigenvalue weighted by Crippen LogP contribution is 2.28. The van der Waals surface area contributed by atoms with Gasteiger partial charge >= 0.3 is 5.97 Å². The van der Waals surface area contributed by atoms with Crippen LogP contribution in [0, 0.1) is 0 Å². The molecule has 1 aromatic rings. The molecule has 0 saturated carbocycles. The van der Waals surface area contributed by atoms with Crippen LogP contribution in [-0.4, -0.2) is 50.6 Å². The minimum absolute atomic E-state index is 0.00391. The number of carboxylic acids is 1. The second kappa shape index (κ2) is 7.51. The van der Waals surface area contributed by atoms with Gasteiger partial charge < -0.3 is 9.84 Å². The minimum Gasteiger partial charge on any atom is -0.480 e. The molecule has 0 heterocycles. The van der Waals surface area contributed by atoms with Crippen LogP contribution in [0.25, 0.3) is 0 Å². The highest BCUT2D eigenvalue weighted by Gasteiger charge is 2.28. The fourth-order valence-electron chi connectivity index (χ4n) is 1.44.